The Kier molecular flexibility index (Phi) is 7.92. The van der Waals surface area contributed by atoms with E-state index in [-0.39, 0.29) is 11.6 Å². The van der Waals surface area contributed by atoms with Crippen LogP contribution in [0.4, 0.5) is 5.69 Å². The maximum atomic E-state index is 12.5. The average Bonchev–Trinajstić information content (AvgIpc) is 2.85. The molecule has 3 aromatic carbocycles. The first-order chi connectivity index (χ1) is 16.0. The molecule has 0 saturated heterocycles. The summed E-state index contributed by atoms with van der Waals surface area (Å²) in [6.07, 6.45) is 1.41. The van der Waals surface area contributed by atoms with Gasteiger partial charge in [0.25, 0.3) is 5.91 Å². The number of nitrogens with zero attached hydrogens (tertiary/aromatic N) is 1. The number of carbonyl (C=O) groups excluding carboxylic acids is 1. The minimum atomic E-state index is -0.513. The number of hydrogen-bond donors (Lipinski definition) is 2. The van der Waals surface area contributed by atoms with Crippen molar-refractivity contribution in [3.63, 3.8) is 0 Å². The highest BCUT2D eigenvalue weighted by Gasteiger charge is 2.12. The largest absolute Gasteiger partial charge is 0.493 e. The fourth-order valence-corrected chi connectivity index (χ4v) is 3.00. The van der Waals surface area contributed by atoms with Crippen molar-refractivity contribution in [2.75, 3.05) is 19.5 Å². The molecule has 3 aromatic rings. The van der Waals surface area contributed by atoms with Gasteiger partial charge < -0.3 is 24.8 Å². The van der Waals surface area contributed by atoms with Crippen LogP contribution in [0.5, 0.6) is 23.0 Å². The molecule has 168 valence electrons. The number of anilines is 1. The van der Waals surface area contributed by atoms with E-state index in [4.69, 9.17) is 14.2 Å². The van der Waals surface area contributed by atoms with Crippen molar-refractivity contribution >= 4 is 11.6 Å². The highest BCUT2D eigenvalue weighted by molar-refractivity contribution is 6.06. The van der Waals surface area contributed by atoms with Crippen LogP contribution in [0.1, 0.15) is 18.5 Å². The van der Waals surface area contributed by atoms with Crippen LogP contribution in [0.2, 0.25) is 0 Å². The molecule has 2 N–H and O–H groups in total. The number of para-hydroxylation sites is 1. The van der Waals surface area contributed by atoms with Gasteiger partial charge >= 0.3 is 0 Å². The Morgan fingerprint density at radius 2 is 1.61 bits per heavy atom. The number of nitriles is 1. The van der Waals surface area contributed by atoms with E-state index in [1.165, 1.54) is 6.20 Å². The van der Waals surface area contributed by atoms with Crippen LogP contribution in [-0.4, -0.2) is 20.1 Å². The Morgan fingerprint density at radius 1 is 0.939 bits per heavy atom. The van der Waals surface area contributed by atoms with Gasteiger partial charge in [-0.1, -0.05) is 24.3 Å². The van der Waals surface area contributed by atoms with Gasteiger partial charge in [-0.2, -0.15) is 5.26 Å². The van der Waals surface area contributed by atoms with E-state index in [0.717, 1.165) is 11.3 Å². The first kappa shape index (κ1) is 23.2. The van der Waals surface area contributed by atoms with Gasteiger partial charge in [0.05, 0.1) is 14.2 Å². The van der Waals surface area contributed by atoms with E-state index in [1.54, 1.807) is 44.6 Å². The number of benzene rings is 3. The molecule has 0 bridgehead atoms. The molecule has 0 saturated carbocycles. The van der Waals surface area contributed by atoms with Gasteiger partial charge in [-0.05, 0) is 61.0 Å². The smallest absolute Gasteiger partial charge is 0.267 e. The van der Waals surface area contributed by atoms with Crippen molar-refractivity contribution in [1.29, 1.82) is 5.26 Å². The molecule has 33 heavy (non-hydrogen) atoms. The van der Waals surface area contributed by atoms with E-state index in [0.29, 0.717) is 22.9 Å². The average molecular weight is 444 g/mol. The van der Waals surface area contributed by atoms with Gasteiger partial charge in [-0.3, -0.25) is 4.79 Å². The lowest BCUT2D eigenvalue weighted by Gasteiger charge is -2.15. The van der Waals surface area contributed by atoms with E-state index < -0.39 is 5.91 Å². The predicted octanol–water partition coefficient (Wildman–Crippen LogP) is 5.19. The molecule has 0 aliphatic carbocycles. The molecule has 1 atom stereocenters. The van der Waals surface area contributed by atoms with Gasteiger partial charge in [-0.25, -0.2) is 0 Å². The van der Waals surface area contributed by atoms with Gasteiger partial charge in [0.15, 0.2) is 11.5 Å². The number of nitrogens with one attached hydrogen (secondary N) is 2. The fraction of sp³-hybridized carbons (Fsp3) is 0.154. The van der Waals surface area contributed by atoms with E-state index in [2.05, 4.69) is 10.6 Å². The van der Waals surface area contributed by atoms with Gasteiger partial charge in [0.1, 0.15) is 23.1 Å². The van der Waals surface area contributed by atoms with Crippen LogP contribution in [0.3, 0.4) is 0 Å². The van der Waals surface area contributed by atoms with Crippen LogP contribution >= 0.6 is 0 Å². The molecule has 0 spiro atoms. The number of carbonyl (C=O) groups is 1. The molecule has 0 aliphatic heterocycles. The third-order valence-electron chi connectivity index (χ3n) is 4.84. The Labute approximate surface area is 193 Å². The number of hydrogen-bond acceptors (Lipinski definition) is 6. The Morgan fingerprint density at radius 3 is 2.24 bits per heavy atom. The summed E-state index contributed by atoms with van der Waals surface area (Å²) >= 11 is 0. The summed E-state index contributed by atoms with van der Waals surface area (Å²) in [5.41, 5.74) is 1.41. The SMILES string of the molecule is COc1ccc(C(C)N/C=C(/C#N)C(=O)Nc2ccc(Oc3ccccc3)cc2)cc1OC. The van der Waals surface area contributed by atoms with Crippen molar-refractivity contribution in [3.05, 3.63) is 90.1 Å². The van der Waals surface area contributed by atoms with E-state index in [9.17, 15) is 10.1 Å². The van der Waals surface area contributed by atoms with E-state index in [1.807, 2.05) is 55.5 Å². The second-order valence-corrected chi connectivity index (χ2v) is 7.07. The molecule has 0 radical (unpaired) electrons. The lowest BCUT2D eigenvalue weighted by molar-refractivity contribution is -0.112. The van der Waals surface area contributed by atoms with Crippen molar-refractivity contribution < 1.29 is 19.0 Å². The summed E-state index contributed by atoms with van der Waals surface area (Å²) in [7, 11) is 3.14. The molecular formula is C26H25N3O4. The Bertz CT molecular complexity index is 1150. The normalized spacial score (nSPS) is 11.6. The maximum Gasteiger partial charge on any atom is 0.267 e. The number of ether oxygens (including phenoxy) is 3. The lowest BCUT2D eigenvalue weighted by atomic mass is 10.1. The highest BCUT2D eigenvalue weighted by Crippen LogP contribution is 2.30. The maximum absolute atomic E-state index is 12.5. The molecule has 1 unspecified atom stereocenters. The summed E-state index contributed by atoms with van der Waals surface area (Å²) in [4.78, 5) is 12.5. The zero-order valence-corrected chi connectivity index (χ0v) is 18.7. The predicted molar refractivity (Wildman–Crippen MR) is 126 cm³/mol. The second kappa shape index (κ2) is 11.3. The first-order valence-electron chi connectivity index (χ1n) is 10.3. The molecule has 7 heteroatoms. The summed E-state index contributed by atoms with van der Waals surface area (Å²) in [6, 6.07) is 23.6. The monoisotopic (exact) mass is 443 g/mol. The third-order valence-corrected chi connectivity index (χ3v) is 4.84. The second-order valence-electron chi connectivity index (χ2n) is 7.07. The number of rotatable bonds is 9. The summed E-state index contributed by atoms with van der Waals surface area (Å²) < 4.78 is 16.3. The summed E-state index contributed by atoms with van der Waals surface area (Å²) in [5.74, 6) is 2.08. The van der Waals surface area contributed by atoms with Crippen molar-refractivity contribution in [2.45, 2.75) is 13.0 Å². The molecule has 0 heterocycles. The van der Waals surface area contributed by atoms with Crippen molar-refractivity contribution in [3.8, 4) is 29.1 Å². The van der Waals surface area contributed by atoms with Crippen LogP contribution in [0, 0.1) is 11.3 Å². The highest BCUT2D eigenvalue weighted by atomic mass is 16.5. The standard InChI is InChI=1S/C26H25N3O4/c1-18(19-9-14-24(31-2)25(15-19)32-3)28-17-20(16-27)26(30)29-21-10-12-23(13-11-21)33-22-7-5-4-6-8-22/h4-15,17-18,28H,1-3H3,(H,29,30)/b20-17-. The Balaban J connectivity index is 1.62. The zero-order valence-electron chi connectivity index (χ0n) is 18.7. The van der Waals surface area contributed by atoms with Crippen LogP contribution in [-0.2, 0) is 4.79 Å². The number of amides is 1. The van der Waals surface area contributed by atoms with Crippen LogP contribution in [0.15, 0.2) is 84.6 Å². The minimum absolute atomic E-state index is 0.0491. The fourth-order valence-electron chi connectivity index (χ4n) is 3.00. The van der Waals surface area contributed by atoms with Crippen LogP contribution in [0.25, 0.3) is 0 Å². The molecule has 0 aromatic heterocycles. The molecule has 0 aliphatic rings. The summed E-state index contributed by atoms with van der Waals surface area (Å²) in [5, 5.41) is 15.2. The summed E-state index contributed by atoms with van der Waals surface area (Å²) in [6.45, 7) is 1.91. The van der Waals surface area contributed by atoms with Gasteiger partial charge in [0, 0.05) is 17.9 Å². The van der Waals surface area contributed by atoms with Gasteiger partial charge in [0.2, 0.25) is 0 Å². The molecule has 0 fully saturated rings. The molecule has 1 amide bonds. The van der Waals surface area contributed by atoms with Crippen molar-refractivity contribution in [2.24, 2.45) is 0 Å². The van der Waals surface area contributed by atoms with Gasteiger partial charge in [-0.15, -0.1) is 0 Å². The Hall–Kier alpha value is -4.44. The molecular weight excluding hydrogens is 418 g/mol. The molecule has 3 rings (SSSR count). The number of methoxy groups -OCH3 is 2. The quantitative estimate of drug-likeness (QED) is 0.349. The topological polar surface area (TPSA) is 92.6 Å². The minimum Gasteiger partial charge on any atom is -0.493 e. The van der Waals surface area contributed by atoms with E-state index >= 15 is 0 Å². The molecule has 7 nitrogen and oxygen atoms in total. The first-order valence-corrected chi connectivity index (χ1v) is 10.3. The van der Waals surface area contributed by atoms with Crippen LogP contribution < -0.4 is 24.8 Å². The van der Waals surface area contributed by atoms with Crippen molar-refractivity contribution in [1.82, 2.24) is 5.32 Å². The lowest BCUT2D eigenvalue weighted by Crippen LogP contribution is -2.18. The zero-order chi connectivity index (χ0) is 23.6. The third kappa shape index (κ3) is 6.28.